The van der Waals surface area contributed by atoms with Crippen molar-refractivity contribution < 1.29 is 18.7 Å². The minimum absolute atomic E-state index is 0.0969. The first-order valence-electron chi connectivity index (χ1n) is 9.07. The third-order valence-electron chi connectivity index (χ3n) is 4.00. The second-order valence-electron chi connectivity index (χ2n) is 6.61. The predicted molar refractivity (Wildman–Crippen MR) is 117 cm³/mol. The number of benzene rings is 2. The van der Waals surface area contributed by atoms with Crippen molar-refractivity contribution in [2.75, 3.05) is 6.61 Å². The van der Waals surface area contributed by atoms with Crippen molar-refractivity contribution in [3.63, 3.8) is 0 Å². The Bertz CT molecular complexity index is 969. The van der Waals surface area contributed by atoms with Crippen molar-refractivity contribution in [3.05, 3.63) is 63.9 Å². The molecule has 1 atom stereocenters. The molecule has 0 aliphatic rings. The first kappa shape index (κ1) is 23.1. The van der Waals surface area contributed by atoms with Crippen LogP contribution in [-0.2, 0) is 4.79 Å². The van der Waals surface area contributed by atoms with E-state index in [9.17, 15) is 14.0 Å². The largest absolute Gasteiger partial charge is 0.480 e. The Morgan fingerprint density at radius 1 is 1.27 bits per heavy atom. The molecule has 30 heavy (non-hydrogen) atoms. The van der Waals surface area contributed by atoms with E-state index in [0.29, 0.717) is 11.3 Å². The van der Waals surface area contributed by atoms with E-state index in [0.717, 1.165) is 4.47 Å². The van der Waals surface area contributed by atoms with Crippen molar-refractivity contribution >= 4 is 34.0 Å². The van der Waals surface area contributed by atoms with Gasteiger partial charge in [0.2, 0.25) is 0 Å². The molecule has 0 saturated carbocycles. The summed E-state index contributed by atoms with van der Waals surface area (Å²) in [6, 6.07) is 9.51. The summed E-state index contributed by atoms with van der Waals surface area (Å²) in [5.41, 5.74) is 3.29. The Morgan fingerprint density at radius 3 is 2.60 bits per heavy atom. The van der Waals surface area contributed by atoms with E-state index in [1.165, 1.54) is 30.5 Å². The molecule has 2 N–H and O–H groups in total. The van der Waals surface area contributed by atoms with Gasteiger partial charge in [-0.1, -0.05) is 35.7 Å². The Morgan fingerprint density at radius 2 is 1.97 bits per heavy atom. The quantitative estimate of drug-likeness (QED) is 0.349. The van der Waals surface area contributed by atoms with Gasteiger partial charge in [0.15, 0.2) is 0 Å². The maximum atomic E-state index is 13.0. The third kappa shape index (κ3) is 6.71. The fourth-order valence-corrected chi connectivity index (χ4v) is 2.85. The molecular weight excluding hydrogens is 453 g/mol. The highest BCUT2D eigenvalue weighted by molar-refractivity contribution is 9.10. The number of halogens is 2. The maximum absolute atomic E-state index is 13.0. The molecule has 0 spiro atoms. The second-order valence-corrected chi connectivity index (χ2v) is 7.53. The highest BCUT2D eigenvalue weighted by atomic mass is 79.9. The number of hydrogen-bond donors (Lipinski definition) is 2. The second kappa shape index (κ2) is 11.1. The zero-order valence-corrected chi connectivity index (χ0v) is 18.1. The topological polar surface area (TPSA) is 79.8 Å². The number of rotatable bonds is 8. The zero-order chi connectivity index (χ0) is 22.1. The number of carbonyl (C=O) groups is 2. The highest BCUT2D eigenvalue weighted by Gasteiger charge is 2.24. The molecule has 0 radical (unpaired) electrons. The zero-order valence-electron chi connectivity index (χ0n) is 16.5. The number of terminal acetylenes is 1. The lowest BCUT2D eigenvalue weighted by Crippen LogP contribution is -2.48. The van der Waals surface area contributed by atoms with E-state index in [4.69, 9.17) is 11.2 Å². The lowest BCUT2D eigenvalue weighted by molar-refractivity contribution is -0.123. The van der Waals surface area contributed by atoms with E-state index >= 15 is 0 Å². The van der Waals surface area contributed by atoms with Crippen LogP contribution in [0.5, 0.6) is 5.75 Å². The molecule has 2 amide bonds. The molecule has 156 valence electrons. The standard InChI is InChI=1S/C22H21BrFN3O3/c1-4-11-30-19-10-7-17(23)12-16(19)13-25-27-22(29)20(14(2)3)26-21(28)15-5-8-18(24)9-6-15/h1,5-10,12-14,20H,11H2,2-3H3,(H,26,28)(H,27,29). The molecule has 0 bridgehead atoms. The summed E-state index contributed by atoms with van der Waals surface area (Å²) in [6.45, 7) is 3.68. The summed E-state index contributed by atoms with van der Waals surface area (Å²) in [5.74, 6) is 1.28. The van der Waals surface area contributed by atoms with Crippen LogP contribution in [0, 0.1) is 24.1 Å². The number of ether oxygens (including phenoxy) is 1. The Labute approximate surface area is 183 Å². The molecule has 0 aliphatic heterocycles. The molecule has 2 aromatic carbocycles. The van der Waals surface area contributed by atoms with Gasteiger partial charge in [0.25, 0.3) is 11.8 Å². The minimum atomic E-state index is -0.834. The average Bonchev–Trinajstić information content (AvgIpc) is 2.71. The van der Waals surface area contributed by atoms with E-state index in [-0.39, 0.29) is 18.1 Å². The predicted octanol–water partition coefficient (Wildman–Crippen LogP) is 3.50. The first-order valence-corrected chi connectivity index (χ1v) is 9.86. The normalized spacial score (nSPS) is 11.7. The van der Waals surface area contributed by atoms with Crippen LogP contribution in [0.2, 0.25) is 0 Å². The Hall–Kier alpha value is -3.18. The van der Waals surface area contributed by atoms with Gasteiger partial charge in [0, 0.05) is 15.6 Å². The number of carbonyl (C=O) groups excluding carboxylic acids is 2. The van der Waals surface area contributed by atoms with Gasteiger partial charge in [-0.25, -0.2) is 9.82 Å². The monoisotopic (exact) mass is 473 g/mol. The molecule has 8 heteroatoms. The Kier molecular flexibility index (Phi) is 8.56. The molecule has 0 heterocycles. The first-order chi connectivity index (χ1) is 14.3. The van der Waals surface area contributed by atoms with Gasteiger partial charge in [0.1, 0.15) is 24.2 Å². The molecule has 6 nitrogen and oxygen atoms in total. The van der Waals surface area contributed by atoms with Gasteiger partial charge >= 0.3 is 0 Å². The molecule has 2 aromatic rings. The number of amides is 2. The highest BCUT2D eigenvalue weighted by Crippen LogP contribution is 2.21. The van der Waals surface area contributed by atoms with Crippen LogP contribution < -0.4 is 15.5 Å². The van der Waals surface area contributed by atoms with E-state index in [2.05, 4.69) is 37.7 Å². The van der Waals surface area contributed by atoms with Crippen LogP contribution in [0.4, 0.5) is 4.39 Å². The lowest BCUT2D eigenvalue weighted by Gasteiger charge is -2.20. The van der Waals surface area contributed by atoms with Crippen molar-refractivity contribution in [1.29, 1.82) is 0 Å². The number of hydrogen-bond acceptors (Lipinski definition) is 4. The number of nitrogens with one attached hydrogen (secondary N) is 2. The summed E-state index contributed by atoms with van der Waals surface area (Å²) < 4.78 is 19.3. The van der Waals surface area contributed by atoms with E-state index < -0.39 is 23.7 Å². The van der Waals surface area contributed by atoms with Crippen molar-refractivity contribution in [1.82, 2.24) is 10.7 Å². The number of nitrogens with zero attached hydrogens (tertiary/aromatic N) is 1. The average molecular weight is 474 g/mol. The van der Waals surface area contributed by atoms with Crippen LogP contribution in [0.1, 0.15) is 29.8 Å². The molecule has 0 saturated heterocycles. The van der Waals surface area contributed by atoms with Crippen LogP contribution in [0.15, 0.2) is 52.0 Å². The summed E-state index contributed by atoms with van der Waals surface area (Å²) in [4.78, 5) is 24.9. The van der Waals surface area contributed by atoms with Crippen LogP contribution in [0.3, 0.4) is 0 Å². The smallest absolute Gasteiger partial charge is 0.262 e. The van der Waals surface area contributed by atoms with Gasteiger partial charge in [-0.3, -0.25) is 9.59 Å². The van der Waals surface area contributed by atoms with Crippen LogP contribution in [-0.4, -0.2) is 30.7 Å². The molecule has 0 aromatic heterocycles. The van der Waals surface area contributed by atoms with E-state index in [1.54, 1.807) is 32.0 Å². The third-order valence-corrected chi connectivity index (χ3v) is 4.50. The number of hydrazone groups is 1. The van der Waals surface area contributed by atoms with Gasteiger partial charge < -0.3 is 10.1 Å². The molecule has 2 rings (SSSR count). The maximum Gasteiger partial charge on any atom is 0.262 e. The fourth-order valence-electron chi connectivity index (χ4n) is 2.47. The van der Waals surface area contributed by atoms with Gasteiger partial charge in [-0.2, -0.15) is 5.10 Å². The fraction of sp³-hybridized carbons (Fsp3) is 0.227. The van der Waals surface area contributed by atoms with Crippen LogP contribution in [0.25, 0.3) is 0 Å². The van der Waals surface area contributed by atoms with Crippen LogP contribution >= 0.6 is 15.9 Å². The summed E-state index contributed by atoms with van der Waals surface area (Å²) >= 11 is 3.37. The molecule has 0 aliphatic carbocycles. The van der Waals surface area contributed by atoms with Gasteiger partial charge in [-0.15, -0.1) is 6.42 Å². The van der Waals surface area contributed by atoms with Gasteiger partial charge in [-0.05, 0) is 48.4 Å². The van der Waals surface area contributed by atoms with Gasteiger partial charge in [0.05, 0.1) is 6.21 Å². The Balaban J connectivity index is 2.07. The summed E-state index contributed by atoms with van der Waals surface area (Å²) in [5, 5.41) is 6.62. The molecule has 1 unspecified atom stereocenters. The SMILES string of the molecule is C#CCOc1ccc(Br)cc1C=NNC(=O)C(NC(=O)c1ccc(F)cc1)C(C)C. The lowest BCUT2D eigenvalue weighted by atomic mass is 10.0. The van der Waals surface area contributed by atoms with Crippen molar-refractivity contribution in [2.24, 2.45) is 11.0 Å². The molecular formula is C22H21BrFN3O3. The van der Waals surface area contributed by atoms with E-state index in [1.807, 2.05) is 0 Å². The minimum Gasteiger partial charge on any atom is -0.480 e. The van der Waals surface area contributed by atoms with Crippen molar-refractivity contribution in [3.8, 4) is 18.1 Å². The summed E-state index contributed by atoms with van der Waals surface area (Å²) in [7, 11) is 0. The molecule has 0 fully saturated rings. The summed E-state index contributed by atoms with van der Waals surface area (Å²) in [6.07, 6.45) is 6.64. The van der Waals surface area contributed by atoms with Crippen molar-refractivity contribution in [2.45, 2.75) is 19.9 Å².